The van der Waals surface area contributed by atoms with Gasteiger partial charge in [0.15, 0.2) is 0 Å². The summed E-state index contributed by atoms with van der Waals surface area (Å²) in [6.45, 7) is 6.53. The molecule has 0 rings (SSSR count). The van der Waals surface area contributed by atoms with Crippen LogP contribution in [0.4, 0.5) is 0 Å². The van der Waals surface area contributed by atoms with E-state index in [0.717, 1.165) is 0 Å². The van der Waals surface area contributed by atoms with E-state index < -0.39 is 11.8 Å². The standard InChI is InChI=1S/C9H16N2O3/c1-5-8(13)14-9(3,4)11-10-7(2)6-12/h6-7H,5H2,1-4H3. The molecule has 0 bridgehead atoms. The van der Waals surface area contributed by atoms with Gasteiger partial charge >= 0.3 is 5.97 Å². The van der Waals surface area contributed by atoms with Crippen molar-refractivity contribution >= 4 is 12.3 Å². The summed E-state index contributed by atoms with van der Waals surface area (Å²) < 4.78 is 4.97. The average Bonchev–Trinajstić information content (AvgIpc) is 2.13. The zero-order valence-corrected chi connectivity index (χ0v) is 8.98. The van der Waals surface area contributed by atoms with Crippen LogP contribution in [0, 0.1) is 0 Å². The smallest absolute Gasteiger partial charge is 0.307 e. The molecule has 5 nitrogen and oxygen atoms in total. The zero-order valence-electron chi connectivity index (χ0n) is 8.98. The minimum atomic E-state index is -0.996. The maximum absolute atomic E-state index is 10.9. The lowest BCUT2D eigenvalue weighted by Crippen LogP contribution is -2.25. The van der Waals surface area contributed by atoms with Crippen molar-refractivity contribution in [3.63, 3.8) is 0 Å². The van der Waals surface area contributed by atoms with Gasteiger partial charge in [-0.15, -0.1) is 5.11 Å². The Morgan fingerprint density at radius 2 is 2.14 bits per heavy atom. The molecule has 0 saturated heterocycles. The first kappa shape index (κ1) is 12.7. The fourth-order valence-corrected chi connectivity index (χ4v) is 0.628. The van der Waals surface area contributed by atoms with E-state index in [2.05, 4.69) is 10.2 Å². The number of hydrogen-bond donors (Lipinski definition) is 0. The molecule has 5 heteroatoms. The molecular formula is C9H16N2O3. The topological polar surface area (TPSA) is 68.1 Å². The lowest BCUT2D eigenvalue weighted by atomic mass is 10.3. The molecule has 0 radical (unpaired) electrons. The van der Waals surface area contributed by atoms with Crippen molar-refractivity contribution in [1.29, 1.82) is 0 Å². The quantitative estimate of drug-likeness (QED) is 0.385. The van der Waals surface area contributed by atoms with E-state index in [0.29, 0.717) is 12.7 Å². The van der Waals surface area contributed by atoms with Crippen LogP contribution in [0.25, 0.3) is 0 Å². The SMILES string of the molecule is CCC(=O)OC(C)(C)N=NC(C)C=O. The van der Waals surface area contributed by atoms with Crippen molar-refractivity contribution < 1.29 is 14.3 Å². The molecular weight excluding hydrogens is 184 g/mol. The van der Waals surface area contributed by atoms with E-state index in [-0.39, 0.29) is 5.97 Å². The van der Waals surface area contributed by atoms with E-state index in [1.54, 1.807) is 27.7 Å². The van der Waals surface area contributed by atoms with Crippen molar-refractivity contribution in [3.05, 3.63) is 0 Å². The Kier molecular flexibility index (Phi) is 4.97. The first-order valence-corrected chi connectivity index (χ1v) is 4.50. The van der Waals surface area contributed by atoms with E-state index in [4.69, 9.17) is 4.74 Å². The summed E-state index contributed by atoms with van der Waals surface area (Å²) in [5.74, 6) is -0.340. The van der Waals surface area contributed by atoms with Crippen molar-refractivity contribution in [2.24, 2.45) is 10.2 Å². The Balaban J connectivity index is 4.25. The van der Waals surface area contributed by atoms with Gasteiger partial charge in [-0.25, -0.2) is 0 Å². The van der Waals surface area contributed by atoms with Crippen LogP contribution in [-0.4, -0.2) is 24.0 Å². The van der Waals surface area contributed by atoms with Gasteiger partial charge in [-0.1, -0.05) is 6.92 Å². The number of esters is 1. The fourth-order valence-electron chi connectivity index (χ4n) is 0.628. The van der Waals surface area contributed by atoms with Gasteiger partial charge < -0.3 is 9.53 Å². The summed E-state index contributed by atoms with van der Waals surface area (Å²) >= 11 is 0. The van der Waals surface area contributed by atoms with Gasteiger partial charge in [-0.05, 0) is 20.8 Å². The van der Waals surface area contributed by atoms with E-state index in [1.165, 1.54) is 0 Å². The summed E-state index contributed by atoms with van der Waals surface area (Å²) in [7, 11) is 0. The second-order valence-corrected chi connectivity index (χ2v) is 3.37. The van der Waals surface area contributed by atoms with E-state index >= 15 is 0 Å². The molecule has 0 aliphatic rings. The van der Waals surface area contributed by atoms with Gasteiger partial charge in [-0.2, -0.15) is 5.11 Å². The van der Waals surface area contributed by atoms with Crippen LogP contribution in [0.1, 0.15) is 34.1 Å². The molecule has 0 fully saturated rings. The van der Waals surface area contributed by atoms with Crippen LogP contribution in [0.15, 0.2) is 10.2 Å². The molecule has 0 amide bonds. The van der Waals surface area contributed by atoms with Gasteiger partial charge in [0.05, 0.1) is 0 Å². The summed E-state index contributed by atoms with van der Waals surface area (Å²) in [6, 6.07) is -0.505. The minimum absolute atomic E-state index is 0.294. The summed E-state index contributed by atoms with van der Waals surface area (Å²) in [4.78, 5) is 21.2. The van der Waals surface area contributed by atoms with Crippen molar-refractivity contribution in [2.45, 2.75) is 45.9 Å². The summed E-state index contributed by atoms with van der Waals surface area (Å²) in [5.41, 5.74) is -0.996. The lowest BCUT2D eigenvalue weighted by molar-refractivity contribution is -0.155. The van der Waals surface area contributed by atoms with Crippen molar-refractivity contribution in [3.8, 4) is 0 Å². The molecule has 0 heterocycles. The first-order valence-electron chi connectivity index (χ1n) is 4.50. The van der Waals surface area contributed by atoms with Crippen LogP contribution in [0.5, 0.6) is 0 Å². The number of rotatable bonds is 5. The largest absolute Gasteiger partial charge is 0.436 e. The lowest BCUT2D eigenvalue weighted by Gasteiger charge is -2.18. The molecule has 0 aliphatic carbocycles. The highest BCUT2D eigenvalue weighted by Gasteiger charge is 2.21. The predicted octanol–water partition coefficient (Wildman–Crippen LogP) is 1.72. The third kappa shape index (κ3) is 5.40. The maximum Gasteiger partial charge on any atom is 0.307 e. The molecule has 0 spiro atoms. The molecule has 0 aliphatic heterocycles. The van der Waals surface area contributed by atoms with Gasteiger partial charge in [0.2, 0.25) is 5.72 Å². The Bertz CT molecular complexity index is 236. The van der Waals surface area contributed by atoms with Crippen LogP contribution >= 0.6 is 0 Å². The summed E-state index contributed by atoms with van der Waals surface area (Å²) in [6.07, 6.45) is 0.962. The first-order chi connectivity index (χ1) is 6.41. The van der Waals surface area contributed by atoms with Gasteiger partial charge in [0, 0.05) is 6.42 Å². The number of aldehydes is 1. The van der Waals surface area contributed by atoms with Gasteiger partial charge in [0.25, 0.3) is 0 Å². The predicted molar refractivity (Wildman–Crippen MR) is 50.8 cm³/mol. The Labute approximate surface area is 83.5 Å². The normalized spacial score (nSPS) is 14.0. The fraction of sp³-hybridized carbons (Fsp3) is 0.778. The number of hydrogen-bond acceptors (Lipinski definition) is 5. The molecule has 0 N–H and O–H groups in total. The maximum atomic E-state index is 10.9. The Hall–Kier alpha value is -1.26. The van der Waals surface area contributed by atoms with Crippen LogP contribution in [0.3, 0.4) is 0 Å². The zero-order chi connectivity index (χ0) is 11.2. The van der Waals surface area contributed by atoms with Gasteiger partial charge in [-0.3, -0.25) is 4.79 Å². The molecule has 1 unspecified atom stereocenters. The van der Waals surface area contributed by atoms with Crippen LogP contribution < -0.4 is 0 Å². The molecule has 14 heavy (non-hydrogen) atoms. The minimum Gasteiger partial charge on any atom is -0.436 e. The molecule has 80 valence electrons. The number of nitrogens with zero attached hydrogens (tertiary/aromatic N) is 2. The Morgan fingerprint density at radius 1 is 1.57 bits per heavy atom. The van der Waals surface area contributed by atoms with Crippen LogP contribution in [-0.2, 0) is 14.3 Å². The highest BCUT2D eigenvalue weighted by atomic mass is 16.6. The highest BCUT2D eigenvalue weighted by molar-refractivity contribution is 5.69. The number of carbonyl (C=O) groups is 2. The number of azo groups is 1. The second-order valence-electron chi connectivity index (χ2n) is 3.37. The Morgan fingerprint density at radius 3 is 2.57 bits per heavy atom. The molecule has 0 aromatic heterocycles. The molecule has 0 aromatic carbocycles. The number of carbonyl (C=O) groups excluding carboxylic acids is 2. The second kappa shape index (κ2) is 5.47. The number of ether oxygens (including phenoxy) is 1. The summed E-state index contributed by atoms with van der Waals surface area (Å²) in [5, 5.41) is 7.45. The van der Waals surface area contributed by atoms with Crippen molar-refractivity contribution in [1.82, 2.24) is 0 Å². The van der Waals surface area contributed by atoms with Gasteiger partial charge in [0.1, 0.15) is 12.3 Å². The molecule has 1 atom stereocenters. The monoisotopic (exact) mass is 200 g/mol. The highest BCUT2D eigenvalue weighted by Crippen LogP contribution is 2.13. The van der Waals surface area contributed by atoms with E-state index in [1.807, 2.05) is 0 Å². The third-order valence-electron chi connectivity index (χ3n) is 1.33. The molecule has 0 saturated carbocycles. The molecule has 0 aromatic rings. The van der Waals surface area contributed by atoms with Crippen molar-refractivity contribution in [2.75, 3.05) is 0 Å². The average molecular weight is 200 g/mol. The van der Waals surface area contributed by atoms with Crippen LogP contribution in [0.2, 0.25) is 0 Å². The van der Waals surface area contributed by atoms with E-state index in [9.17, 15) is 9.59 Å². The third-order valence-corrected chi connectivity index (χ3v) is 1.33.